The Kier molecular flexibility index (Phi) is 21.3. The van der Waals surface area contributed by atoms with Crippen molar-refractivity contribution in [1.29, 1.82) is 0 Å². The molecule has 21 heteroatoms. The van der Waals surface area contributed by atoms with E-state index in [0.717, 1.165) is 6.07 Å². The summed E-state index contributed by atoms with van der Waals surface area (Å²) in [4.78, 5) is 80.6. The maximum absolute atomic E-state index is 14.8. The Balaban J connectivity index is 0.000000259. The second kappa shape index (κ2) is 26.3. The molecule has 2 saturated heterocycles. The highest BCUT2D eigenvalue weighted by molar-refractivity contribution is 9.08. The zero-order chi connectivity index (χ0) is 52.6. The number of halogens is 5. The van der Waals surface area contributed by atoms with E-state index in [1.165, 1.54) is 43.4 Å². The van der Waals surface area contributed by atoms with Gasteiger partial charge in [-0.15, -0.1) is 0 Å². The first-order chi connectivity index (χ1) is 33.4. The van der Waals surface area contributed by atoms with Gasteiger partial charge < -0.3 is 43.9 Å². The van der Waals surface area contributed by atoms with Crippen LogP contribution in [0.4, 0.5) is 39.3 Å². The molecule has 16 nitrogen and oxygen atoms in total. The molecule has 71 heavy (non-hydrogen) atoms. The number of hydrogen-bond acceptors (Lipinski definition) is 10. The number of carbonyl (C=O) groups is 6. The summed E-state index contributed by atoms with van der Waals surface area (Å²) < 4.78 is 47.8. The van der Waals surface area contributed by atoms with Crippen molar-refractivity contribution in [2.45, 2.75) is 64.6 Å². The molecule has 2 aliphatic rings. The standard InChI is InChI=1S/C25H29ClFN3O5.C16H22ClN3O3.C9H8BrFO2/c1-25(2,3)35-24(33)29-12-10-28(11-13-29)23(32)30(20-7-5-6-19(26)15-20)16-18-9-8-17(14-21(18)27)22(31)34-4;1-16(2,3)23-15(22)20-9-7-19(8-10-20)14(21)18-13-6-4-5-12(17)11-13;1-13-9(12)6-2-3-7(5-10)8(11)4-6/h5-9,14-15H,10-13,16H2,1-4H3;4-6,11H,7-10H2,1-3H3,(H,18,21);2-4H,5H2,1H3. The van der Waals surface area contributed by atoms with E-state index in [-0.39, 0.29) is 41.4 Å². The average Bonchev–Trinajstić information content (AvgIpc) is 3.32. The van der Waals surface area contributed by atoms with Crippen molar-refractivity contribution in [3.05, 3.63) is 129 Å². The largest absolute Gasteiger partial charge is 0.465 e. The zero-order valence-corrected chi connectivity index (χ0v) is 44.0. The Bertz CT molecular complexity index is 2510. The van der Waals surface area contributed by atoms with Gasteiger partial charge in [-0.05, 0) is 108 Å². The molecule has 0 atom stereocenters. The van der Waals surface area contributed by atoms with E-state index in [2.05, 4.69) is 30.7 Å². The van der Waals surface area contributed by atoms with Gasteiger partial charge >= 0.3 is 36.2 Å². The van der Waals surface area contributed by atoms with Gasteiger partial charge in [-0.3, -0.25) is 4.90 Å². The first kappa shape index (κ1) is 57.4. The van der Waals surface area contributed by atoms with Crippen LogP contribution in [-0.4, -0.2) is 134 Å². The molecule has 0 unspecified atom stereocenters. The first-order valence-corrected chi connectivity index (χ1v) is 24.2. The number of rotatable bonds is 7. The minimum absolute atomic E-state index is 0.0765. The Hall–Kier alpha value is -6.18. The van der Waals surface area contributed by atoms with Crippen molar-refractivity contribution in [3.63, 3.8) is 0 Å². The van der Waals surface area contributed by atoms with Gasteiger partial charge in [-0.25, -0.2) is 37.5 Å². The molecule has 2 heterocycles. The molecule has 4 aromatic carbocycles. The van der Waals surface area contributed by atoms with Crippen molar-refractivity contribution < 1.29 is 56.5 Å². The molecule has 0 spiro atoms. The number of nitrogens with one attached hydrogen (secondary N) is 1. The van der Waals surface area contributed by atoms with Crippen molar-refractivity contribution >= 4 is 86.7 Å². The van der Waals surface area contributed by atoms with Gasteiger partial charge in [0, 0.05) is 84.7 Å². The minimum Gasteiger partial charge on any atom is -0.465 e. The molecule has 384 valence electrons. The van der Waals surface area contributed by atoms with Crippen molar-refractivity contribution in [2.75, 3.05) is 76.8 Å². The van der Waals surface area contributed by atoms with Gasteiger partial charge in [0.05, 0.1) is 31.9 Å². The molecule has 0 saturated carbocycles. The van der Waals surface area contributed by atoms with Gasteiger partial charge in [0.25, 0.3) is 0 Å². The van der Waals surface area contributed by atoms with Crippen LogP contribution in [0.5, 0.6) is 0 Å². The van der Waals surface area contributed by atoms with Crippen molar-refractivity contribution in [2.24, 2.45) is 0 Å². The van der Waals surface area contributed by atoms with Crippen LogP contribution in [-0.2, 0) is 30.8 Å². The minimum atomic E-state index is -0.652. The van der Waals surface area contributed by atoms with Crippen molar-refractivity contribution in [1.82, 2.24) is 19.6 Å². The maximum atomic E-state index is 14.8. The molecular formula is C50H59BrCl2F2N6O10. The van der Waals surface area contributed by atoms with Crippen LogP contribution < -0.4 is 10.2 Å². The molecule has 0 aliphatic carbocycles. The second-order valence-electron chi connectivity index (χ2n) is 17.9. The smallest absolute Gasteiger partial charge is 0.410 e. The molecule has 6 amide bonds. The van der Waals surface area contributed by atoms with Gasteiger partial charge in [-0.2, -0.15) is 0 Å². The van der Waals surface area contributed by atoms with Crippen LogP contribution in [0.2, 0.25) is 10.0 Å². The fraction of sp³-hybridized carbons (Fsp3) is 0.400. The van der Waals surface area contributed by atoms with Gasteiger partial charge in [0.1, 0.15) is 22.8 Å². The lowest BCUT2D eigenvalue weighted by molar-refractivity contribution is 0.0165. The molecule has 2 aliphatic heterocycles. The number of hydrogen-bond donors (Lipinski definition) is 1. The summed E-state index contributed by atoms with van der Waals surface area (Å²) in [7, 11) is 2.48. The number of esters is 2. The van der Waals surface area contributed by atoms with Gasteiger partial charge in [0.15, 0.2) is 0 Å². The first-order valence-electron chi connectivity index (χ1n) is 22.3. The van der Waals surface area contributed by atoms with E-state index in [1.807, 2.05) is 20.8 Å². The molecule has 0 aromatic heterocycles. The highest BCUT2D eigenvalue weighted by atomic mass is 79.9. The quantitative estimate of drug-likeness (QED) is 0.107. The Morgan fingerprint density at radius 2 is 1.04 bits per heavy atom. The maximum Gasteiger partial charge on any atom is 0.410 e. The highest BCUT2D eigenvalue weighted by Gasteiger charge is 2.32. The number of benzene rings is 4. The monoisotopic (exact) mass is 1090 g/mol. The van der Waals surface area contributed by atoms with Crippen LogP contribution in [0.15, 0.2) is 84.9 Å². The molecule has 0 radical (unpaired) electrons. The molecule has 4 aromatic rings. The number of ether oxygens (including phenoxy) is 4. The summed E-state index contributed by atoms with van der Waals surface area (Å²) in [6.07, 6.45) is -0.767. The number of anilines is 2. The molecule has 2 fully saturated rings. The van der Waals surface area contributed by atoms with Crippen LogP contribution >= 0.6 is 39.1 Å². The topological polar surface area (TPSA) is 168 Å². The van der Waals surface area contributed by atoms with E-state index in [1.54, 1.807) is 95.0 Å². The summed E-state index contributed by atoms with van der Waals surface area (Å²) in [6, 6.07) is 21.4. The lowest BCUT2D eigenvalue weighted by Gasteiger charge is -2.38. The summed E-state index contributed by atoms with van der Waals surface area (Å²) in [6.45, 7) is 13.8. The summed E-state index contributed by atoms with van der Waals surface area (Å²) >= 11 is 15.2. The third kappa shape index (κ3) is 18.2. The summed E-state index contributed by atoms with van der Waals surface area (Å²) in [5, 5.41) is 4.23. The van der Waals surface area contributed by atoms with E-state index >= 15 is 0 Å². The lowest BCUT2D eigenvalue weighted by Crippen LogP contribution is -2.54. The Morgan fingerprint density at radius 1 is 0.606 bits per heavy atom. The van der Waals surface area contributed by atoms with Crippen LogP contribution in [0.25, 0.3) is 0 Å². The van der Waals surface area contributed by atoms with Gasteiger partial charge in [0.2, 0.25) is 0 Å². The number of amides is 6. The van der Waals surface area contributed by atoms with E-state index in [0.29, 0.717) is 84.7 Å². The third-order valence-electron chi connectivity index (χ3n) is 10.3. The molecule has 6 rings (SSSR count). The number of piperazine rings is 2. The van der Waals surface area contributed by atoms with E-state index in [9.17, 15) is 37.5 Å². The molecule has 0 bridgehead atoms. The Morgan fingerprint density at radius 3 is 1.46 bits per heavy atom. The van der Waals surface area contributed by atoms with Gasteiger partial charge in [-0.1, -0.05) is 63.4 Å². The second-order valence-corrected chi connectivity index (χ2v) is 19.4. The normalized spacial score (nSPS) is 13.6. The SMILES string of the molecule is CC(C)(C)OC(=O)N1CCN(C(=O)Nc2cccc(Cl)c2)CC1.COC(=O)c1ccc(CBr)c(F)c1.COC(=O)c1ccc(CN(C(=O)N2CCN(C(=O)OC(C)(C)C)CC2)c2cccc(Cl)c2)c(F)c1. The fourth-order valence-corrected chi connectivity index (χ4v) is 7.50. The third-order valence-corrected chi connectivity index (χ3v) is 11.3. The number of carbonyl (C=O) groups excluding carboxylic acids is 6. The zero-order valence-electron chi connectivity index (χ0n) is 40.9. The average molecular weight is 1090 g/mol. The predicted octanol–water partition coefficient (Wildman–Crippen LogP) is 10.9. The van der Waals surface area contributed by atoms with Crippen molar-refractivity contribution in [3.8, 4) is 0 Å². The number of urea groups is 2. The number of nitrogens with zero attached hydrogens (tertiary/aromatic N) is 5. The van der Waals surface area contributed by atoms with Crippen LogP contribution in [0.1, 0.15) is 73.4 Å². The van der Waals surface area contributed by atoms with E-state index in [4.69, 9.17) is 32.7 Å². The lowest BCUT2D eigenvalue weighted by atomic mass is 10.1. The van der Waals surface area contributed by atoms with E-state index < -0.39 is 40.9 Å². The number of methoxy groups -OCH3 is 2. The fourth-order valence-electron chi connectivity index (χ4n) is 6.67. The molecular weight excluding hydrogens is 1030 g/mol. The van der Waals surface area contributed by atoms with Crippen LogP contribution in [0.3, 0.4) is 0 Å². The summed E-state index contributed by atoms with van der Waals surface area (Å²) in [5.41, 5.74) is 1.06. The Labute approximate surface area is 431 Å². The van der Waals surface area contributed by atoms with Crippen LogP contribution in [0, 0.1) is 11.6 Å². The molecule has 1 N–H and O–H groups in total. The highest BCUT2D eigenvalue weighted by Crippen LogP contribution is 2.26. The summed E-state index contributed by atoms with van der Waals surface area (Å²) in [5.74, 6) is -2.22. The predicted molar refractivity (Wildman–Crippen MR) is 270 cm³/mol. The number of alkyl halides is 1.